The normalized spacial score (nSPS) is 20.7. The van der Waals surface area contributed by atoms with E-state index in [2.05, 4.69) is 27.4 Å². The highest BCUT2D eigenvalue weighted by molar-refractivity contribution is 14.0. The molecule has 1 saturated heterocycles. The number of likely N-dealkylation sites (tertiary alicyclic amines) is 1. The average molecular weight is 495 g/mol. The van der Waals surface area contributed by atoms with Gasteiger partial charge in [-0.1, -0.05) is 32.6 Å². The minimum atomic E-state index is 0. The van der Waals surface area contributed by atoms with Gasteiger partial charge in [-0.05, 0) is 51.5 Å². The first-order chi connectivity index (χ1) is 12.8. The summed E-state index contributed by atoms with van der Waals surface area (Å²) < 4.78 is 6.07. The van der Waals surface area contributed by atoms with Gasteiger partial charge in [-0.15, -0.1) is 24.0 Å². The first-order valence-electron chi connectivity index (χ1n) is 11.1. The van der Waals surface area contributed by atoms with Gasteiger partial charge in [0, 0.05) is 39.3 Å². The highest BCUT2D eigenvalue weighted by atomic mass is 127. The molecule has 160 valence electrons. The molecule has 27 heavy (non-hydrogen) atoms. The van der Waals surface area contributed by atoms with Crippen LogP contribution >= 0.6 is 24.0 Å². The Morgan fingerprint density at radius 2 is 1.74 bits per heavy atom. The predicted octanol–water partition coefficient (Wildman–Crippen LogP) is 4.16. The molecule has 0 radical (unpaired) electrons. The second-order valence-electron chi connectivity index (χ2n) is 7.95. The quantitative estimate of drug-likeness (QED) is 0.166. The van der Waals surface area contributed by atoms with Crippen LogP contribution < -0.4 is 10.6 Å². The number of nitrogens with zero attached hydrogens (tertiary/aromatic N) is 2. The highest BCUT2D eigenvalue weighted by Gasteiger charge is 2.19. The summed E-state index contributed by atoms with van der Waals surface area (Å²) >= 11 is 0. The standard InChI is InChI=1S/C21H42N4O.HI/c1-3-15-25-16-12-19(13-17-25)24-21(22-2)23-14-8-9-18-26-20-10-6-4-5-7-11-20;/h19-20H,3-18H2,1-2H3,(H2,22,23,24);1H. The number of ether oxygens (including phenoxy) is 1. The molecule has 0 atom stereocenters. The summed E-state index contributed by atoms with van der Waals surface area (Å²) in [6, 6.07) is 0.563. The van der Waals surface area contributed by atoms with Crippen LogP contribution in [0.15, 0.2) is 4.99 Å². The van der Waals surface area contributed by atoms with E-state index in [1.165, 1.54) is 77.4 Å². The molecule has 0 bridgehead atoms. The van der Waals surface area contributed by atoms with E-state index >= 15 is 0 Å². The van der Waals surface area contributed by atoms with Crippen LogP contribution in [-0.2, 0) is 4.74 Å². The second-order valence-corrected chi connectivity index (χ2v) is 7.95. The van der Waals surface area contributed by atoms with Gasteiger partial charge in [-0.2, -0.15) is 0 Å². The van der Waals surface area contributed by atoms with E-state index in [1.807, 2.05) is 7.05 Å². The monoisotopic (exact) mass is 494 g/mol. The molecule has 0 aromatic rings. The average Bonchev–Trinajstić information content (AvgIpc) is 2.94. The van der Waals surface area contributed by atoms with Crippen LogP contribution in [0.3, 0.4) is 0 Å². The summed E-state index contributed by atoms with van der Waals surface area (Å²) in [5.41, 5.74) is 0. The number of hydrogen-bond acceptors (Lipinski definition) is 3. The van der Waals surface area contributed by atoms with Crippen LogP contribution in [0.5, 0.6) is 0 Å². The Morgan fingerprint density at radius 1 is 1.04 bits per heavy atom. The molecule has 6 heteroatoms. The zero-order valence-corrected chi connectivity index (χ0v) is 20.0. The van der Waals surface area contributed by atoms with E-state index in [1.54, 1.807) is 0 Å². The maximum absolute atomic E-state index is 6.07. The zero-order valence-electron chi connectivity index (χ0n) is 17.7. The van der Waals surface area contributed by atoms with Crippen molar-refractivity contribution >= 4 is 29.9 Å². The zero-order chi connectivity index (χ0) is 18.5. The maximum atomic E-state index is 6.07. The molecule has 2 aliphatic rings. The molecule has 0 aromatic carbocycles. The van der Waals surface area contributed by atoms with Crippen molar-refractivity contribution in [2.75, 3.05) is 39.8 Å². The molecule has 0 spiro atoms. The van der Waals surface area contributed by atoms with E-state index < -0.39 is 0 Å². The first kappa shape index (κ1) is 25.0. The van der Waals surface area contributed by atoms with Gasteiger partial charge in [-0.25, -0.2) is 0 Å². The number of rotatable bonds is 9. The van der Waals surface area contributed by atoms with Gasteiger partial charge in [-0.3, -0.25) is 4.99 Å². The van der Waals surface area contributed by atoms with Crippen LogP contribution in [-0.4, -0.2) is 62.8 Å². The van der Waals surface area contributed by atoms with Crippen molar-refractivity contribution in [1.29, 1.82) is 0 Å². The Bertz CT molecular complexity index is 378. The van der Waals surface area contributed by atoms with Crippen molar-refractivity contribution in [3.8, 4) is 0 Å². The first-order valence-corrected chi connectivity index (χ1v) is 11.1. The Kier molecular flexibility index (Phi) is 14.6. The van der Waals surface area contributed by atoms with Gasteiger partial charge in [0.1, 0.15) is 0 Å². The summed E-state index contributed by atoms with van der Waals surface area (Å²) in [6.07, 6.45) is 14.5. The summed E-state index contributed by atoms with van der Waals surface area (Å²) in [4.78, 5) is 6.96. The van der Waals surface area contributed by atoms with Crippen LogP contribution in [0.4, 0.5) is 0 Å². The molecular weight excluding hydrogens is 451 g/mol. The number of hydrogen-bond donors (Lipinski definition) is 2. The molecule has 1 aliphatic carbocycles. The lowest BCUT2D eigenvalue weighted by atomic mass is 10.1. The lowest BCUT2D eigenvalue weighted by Gasteiger charge is -2.32. The number of piperidine rings is 1. The second kappa shape index (κ2) is 15.8. The van der Waals surface area contributed by atoms with Gasteiger partial charge in [0.25, 0.3) is 0 Å². The van der Waals surface area contributed by atoms with Crippen molar-refractivity contribution in [2.24, 2.45) is 4.99 Å². The third kappa shape index (κ3) is 10.9. The number of nitrogens with one attached hydrogen (secondary N) is 2. The fourth-order valence-corrected chi connectivity index (χ4v) is 4.10. The molecule has 1 heterocycles. The van der Waals surface area contributed by atoms with E-state index in [4.69, 9.17) is 4.74 Å². The SMILES string of the molecule is CCCN1CCC(NC(=NC)NCCCCOC2CCCCCC2)CC1.I. The number of aliphatic imine (C=N–C) groups is 1. The van der Waals surface area contributed by atoms with Gasteiger partial charge < -0.3 is 20.3 Å². The summed E-state index contributed by atoms with van der Waals surface area (Å²) in [5, 5.41) is 7.07. The molecule has 2 fully saturated rings. The van der Waals surface area contributed by atoms with Gasteiger partial charge >= 0.3 is 0 Å². The minimum Gasteiger partial charge on any atom is -0.378 e. The third-order valence-electron chi connectivity index (χ3n) is 5.71. The fraction of sp³-hybridized carbons (Fsp3) is 0.952. The number of unbranched alkanes of at least 4 members (excludes halogenated alkanes) is 1. The van der Waals surface area contributed by atoms with Crippen LogP contribution in [0.2, 0.25) is 0 Å². The summed E-state index contributed by atoms with van der Waals surface area (Å²) in [7, 11) is 1.87. The molecule has 0 aromatic heterocycles. The number of halogens is 1. The molecular formula is C21H43IN4O. The van der Waals surface area contributed by atoms with E-state index in [-0.39, 0.29) is 24.0 Å². The predicted molar refractivity (Wildman–Crippen MR) is 126 cm³/mol. The van der Waals surface area contributed by atoms with E-state index in [9.17, 15) is 0 Å². The minimum absolute atomic E-state index is 0. The van der Waals surface area contributed by atoms with Gasteiger partial charge in [0.2, 0.25) is 0 Å². The molecule has 0 unspecified atom stereocenters. The Hall–Kier alpha value is -0.0800. The Balaban J connectivity index is 0.00000364. The molecule has 1 aliphatic heterocycles. The van der Waals surface area contributed by atoms with E-state index in [0.717, 1.165) is 32.0 Å². The number of guanidine groups is 1. The molecule has 0 amide bonds. The van der Waals surface area contributed by atoms with Crippen LogP contribution in [0.25, 0.3) is 0 Å². The summed E-state index contributed by atoms with van der Waals surface area (Å²) in [6.45, 7) is 7.80. The van der Waals surface area contributed by atoms with Gasteiger partial charge in [0.05, 0.1) is 6.10 Å². The third-order valence-corrected chi connectivity index (χ3v) is 5.71. The highest BCUT2D eigenvalue weighted by Crippen LogP contribution is 2.19. The largest absolute Gasteiger partial charge is 0.378 e. The molecule has 5 nitrogen and oxygen atoms in total. The lowest BCUT2D eigenvalue weighted by molar-refractivity contribution is 0.0411. The van der Waals surface area contributed by atoms with Crippen molar-refractivity contribution in [3.63, 3.8) is 0 Å². The Labute approximate surface area is 184 Å². The maximum Gasteiger partial charge on any atom is 0.191 e. The van der Waals surface area contributed by atoms with Crippen molar-refractivity contribution in [2.45, 2.75) is 89.7 Å². The molecule has 1 saturated carbocycles. The van der Waals surface area contributed by atoms with E-state index in [0.29, 0.717) is 12.1 Å². The van der Waals surface area contributed by atoms with Crippen LogP contribution in [0.1, 0.15) is 77.6 Å². The fourth-order valence-electron chi connectivity index (χ4n) is 4.10. The smallest absolute Gasteiger partial charge is 0.191 e. The van der Waals surface area contributed by atoms with Crippen molar-refractivity contribution in [3.05, 3.63) is 0 Å². The van der Waals surface area contributed by atoms with Crippen molar-refractivity contribution < 1.29 is 4.74 Å². The molecule has 2 rings (SSSR count). The lowest BCUT2D eigenvalue weighted by Crippen LogP contribution is -2.48. The Morgan fingerprint density at radius 3 is 2.37 bits per heavy atom. The molecule has 2 N–H and O–H groups in total. The van der Waals surface area contributed by atoms with Crippen LogP contribution in [0, 0.1) is 0 Å². The topological polar surface area (TPSA) is 48.9 Å². The van der Waals surface area contributed by atoms with Crippen molar-refractivity contribution in [1.82, 2.24) is 15.5 Å². The van der Waals surface area contributed by atoms with Gasteiger partial charge in [0.15, 0.2) is 5.96 Å². The summed E-state index contributed by atoms with van der Waals surface area (Å²) in [5.74, 6) is 0.962.